The van der Waals surface area contributed by atoms with Crippen LogP contribution in [0.3, 0.4) is 0 Å². The molecule has 2 nitrogen and oxygen atoms in total. The van der Waals surface area contributed by atoms with Crippen molar-refractivity contribution in [1.82, 2.24) is 0 Å². The van der Waals surface area contributed by atoms with E-state index >= 15 is 0 Å². The number of hydrogen-bond donors (Lipinski definition) is 2. The summed E-state index contributed by atoms with van der Waals surface area (Å²) >= 11 is 22.8. The van der Waals surface area contributed by atoms with E-state index in [9.17, 15) is 10.2 Å². The lowest BCUT2D eigenvalue weighted by molar-refractivity contribution is -0.188. The molecule has 6 heteroatoms. The Hall–Kier alpha value is 1.08. The molecule has 1 fully saturated rings. The molecule has 0 unspecified atom stereocenters. The van der Waals surface area contributed by atoms with Crippen LogP contribution in [0.5, 0.6) is 0 Å². The summed E-state index contributed by atoms with van der Waals surface area (Å²) in [5.41, 5.74) is 0. The summed E-state index contributed by atoms with van der Waals surface area (Å²) in [6.07, 6.45) is 0.883. The minimum absolute atomic E-state index is 0.0706. The van der Waals surface area contributed by atoms with E-state index in [-0.39, 0.29) is 6.42 Å². The number of halogens is 4. The molecule has 72 valence electrons. The highest BCUT2D eigenvalue weighted by molar-refractivity contribution is 6.63. The van der Waals surface area contributed by atoms with Gasteiger partial charge in [-0.1, -0.05) is 46.4 Å². The second kappa shape index (κ2) is 3.04. The summed E-state index contributed by atoms with van der Waals surface area (Å²) in [7, 11) is 0. The molecule has 0 radical (unpaired) electrons. The van der Waals surface area contributed by atoms with Gasteiger partial charge in [0.05, 0.1) is 0 Å². The van der Waals surface area contributed by atoms with Crippen LogP contribution in [0.1, 0.15) is 19.3 Å². The molecule has 0 saturated heterocycles. The molecule has 0 spiro atoms. The lowest BCUT2D eigenvalue weighted by atomic mass is 9.92. The zero-order valence-corrected chi connectivity index (χ0v) is 9.05. The highest BCUT2D eigenvalue weighted by Gasteiger charge is 2.62. The lowest BCUT2D eigenvalue weighted by Gasteiger charge is -2.45. The van der Waals surface area contributed by atoms with Gasteiger partial charge in [0.2, 0.25) is 4.33 Å². The minimum Gasteiger partial charge on any atom is -0.363 e. The van der Waals surface area contributed by atoms with Crippen LogP contribution in [0.25, 0.3) is 0 Å². The fourth-order valence-corrected chi connectivity index (χ4v) is 2.11. The maximum atomic E-state index is 9.36. The van der Waals surface area contributed by atoms with Crippen molar-refractivity contribution in [2.45, 2.75) is 33.7 Å². The molecular formula is C6H8Cl4O2. The Bertz CT molecular complexity index is 172. The summed E-state index contributed by atoms with van der Waals surface area (Å²) in [6.45, 7) is 0. The van der Waals surface area contributed by atoms with E-state index in [1.807, 2.05) is 0 Å². The van der Waals surface area contributed by atoms with E-state index in [1.165, 1.54) is 0 Å². The molecule has 0 atom stereocenters. The van der Waals surface area contributed by atoms with Crippen LogP contribution in [-0.2, 0) is 0 Å². The van der Waals surface area contributed by atoms with Crippen molar-refractivity contribution < 1.29 is 10.2 Å². The summed E-state index contributed by atoms with van der Waals surface area (Å²) in [4.78, 5) is 0. The number of rotatable bonds is 0. The molecule has 0 aromatic carbocycles. The van der Waals surface area contributed by atoms with Crippen molar-refractivity contribution in [3.05, 3.63) is 0 Å². The lowest BCUT2D eigenvalue weighted by Crippen LogP contribution is -2.59. The topological polar surface area (TPSA) is 40.5 Å². The summed E-state index contributed by atoms with van der Waals surface area (Å²) in [5, 5.41) is 18.7. The van der Waals surface area contributed by atoms with Crippen LogP contribution >= 0.6 is 46.4 Å². The first-order chi connectivity index (χ1) is 5.21. The third kappa shape index (κ3) is 1.54. The Labute approximate surface area is 90.4 Å². The summed E-state index contributed by atoms with van der Waals surface area (Å²) in [6, 6.07) is 0. The van der Waals surface area contributed by atoms with E-state index in [0.29, 0.717) is 12.8 Å². The molecule has 12 heavy (non-hydrogen) atoms. The van der Waals surface area contributed by atoms with Gasteiger partial charge in [-0.15, -0.1) is 0 Å². The first kappa shape index (κ1) is 11.2. The second-order valence-electron chi connectivity index (χ2n) is 2.95. The SMILES string of the molecule is OC1(O)CCCC(Cl)(Cl)C1(Cl)Cl. The quantitative estimate of drug-likeness (QED) is 0.513. The van der Waals surface area contributed by atoms with Crippen LogP contribution in [0, 0.1) is 0 Å². The standard InChI is InChI=1S/C6H8Cl4O2/c7-4(8)2-1-3-5(11,12)6(4,9)10/h11-12H,1-3H2. The highest BCUT2D eigenvalue weighted by atomic mass is 35.5. The van der Waals surface area contributed by atoms with E-state index in [0.717, 1.165) is 0 Å². The largest absolute Gasteiger partial charge is 0.363 e. The number of alkyl halides is 4. The molecule has 0 heterocycles. The van der Waals surface area contributed by atoms with Gasteiger partial charge in [-0.3, -0.25) is 0 Å². The van der Waals surface area contributed by atoms with Crippen molar-refractivity contribution in [3.63, 3.8) is 0 Å². The van der Waals surface area contributed by atoms with Crippen molar-refractivity contribution in [1.29, 1.82) is 0 Å². The third-order valence-electron chi connectivity index (χ3n) is 1.98. The van der Waals surface area contributed by atoms with Crippen LogP contribution in [0.2, 0.25) is 0 Å². The summed E-state index contributed by atoms with van der Waals surface area (Å²) < 4.78 is -3.46. The van der Waals surface area contributed by atoms with Gasteiger partial charge >= 0.3 is 0 Å². The molecule has 0 aliphatic heterocycles. The average molecular weight is 254 g/mol. The Kier molecular flexibility index (Phi) is 2.83. The van der Waals surface area contributed by atoms with Crippen molar-refractivity contribution in [2.75, 3.05) is 0 Å². The van der Waals surface area contributed by atoms with Gasteiger partial charge in [0.25, 0.3) is 0 Å². The molecule has 1 aliphatic carbocycles. The molecule has 1 aliphatic rings. The van der Waals surface area contributed by atoms with Crippen LogP contribution in [0.4, 0.5) is 0 Å². The van der Waals surface area contributed by atoms with Gasteiger partial charge in [0, 0.05) is 6.42 Å². The molecule has 0 bridgehead atoms. The second-order valence-corrected chi connectivity index (χ2v) is 5.76. The highest BCUT2D eigenvalue weighted by Crippen LogP contribution is 2.55. The van der Waals surface area contributed by atoms with Crippen LogP contribution in [0.15, 0.2) is 0 Å². The summed E-state index contributed by atoms with van der Waals surface area (Å²) in [5.74, 6) is -2.22. The Balaban J connectivity index is 2.99. The predicted octanol–water partition coefficient (Wildman–Crippen LogP) is 2.20. The first-order valence-corrected chi connectivity index (χ1v) is 4.92. The van der Waals surface area contributed by atoms with Crippen LogP contribution < -0.4 is 0 Å². The van der Waals surface area contributed by atoms with Gasteiger partial charge < -0.3 is 10.2 Å². The molecule has 1 rings (SSSR count). The van der Waals surface area contributed by atoms with Crippen molar-refractivity contribution in [2.24, 2.45) is 0 Å². The van der Waals surface area contributed by atoms with Gasteiger partial charge in [-0.05, 0) is 12.8 Å². The zero-order valence-electron chi connectivity index (χ0n) is 6.03. The third-order valence-corrected chi connectivity index (χ3v) is 4.56. The van der Waals surface area contributed by atoms with Gasteiger partial charge in [0.15, 0.2) is 10.1 Å². The molecule has 0 aromatic heterocycles. The molecule has 0 aromatic rings. The molecule has 0 amide bonds. The molecule has 1 saturated carbocycles. The monoisotopic (exact) mass is 252 g/mol. The van der Waals surface area contributed by atoms with Gasteiger partial charge in [-0.2, -0.15) is 0 Å². The molecular weight excluding hydrogens is 246 g/mol. The number of hydrogen-bond acceptors (Lipinski definition) is 2. The maximum Gasteiger partial charge on any atom is 0.203 e. The zero-order chi connectivity index (χ0) is 9.62. The number of aliphatic hydroxyl groups is 2. The normalized spacial score (nSPS) is 31.5. The predicted molar refractivity (Wildman–Crippen MR) is 49.9 cm³/mol. The average Bonchev–Trinajstić information content (AvgIpc) is 1.83. The smallest absolute Gasteiger partial charge is 0.203 e. The van der Waals surface area contributed by atoms with E-state index < -0.39 is 14.5 Å². The van der Waals surface area contributed by atoms with Gasteiger partial charge in [-0.25, -0.2) is 0 Å². The van der Waals surface area contributed by atoms with E-state index in [1.54, 1.807) is 0 Å². The van der Waals surface area contributed by atoms with Gasteiger partial charge in [0.1, 0.15) is 0 Å². The fourth-order valence-electron chi connectivity index (χ4n) is 1.16. The molecule has 2 N–H and O–H groups in total. The van der Waals surface area contributed by atoms with Crippen molar-refractivity contribution in [3.8, 4) is 0 Å². The Morgan fingerprint density at radius 3 is 1.75 bits per heavy atom. The first-order valence-electron chi connectivity index (χ1n) is 3.41. The Morgan fingerprint density at radius 2 is 1.42 bits per heavy atom. The maximum absolute atomic E-state index is 9.36. The fraction of sp³-hybridized carbons (Fsp3) is 1.00. The van der Waals surface area contributed by atoms with E-state index in [4.69, 9.17) is 46.4 Å². The Morgan fingerprint density at radius 1 is 0.917 bits per heavy atom. The van der Waals surface area contributed by atoms with Crippen LogP contribution in [-0.4, -0.2) is 24.7 Å². The minimum atomic E-state index is -2.22. The van der Waals surface area contributed by atoms with E-state index in [2.05, 4.69) is 0 Å². The van der Waals surface area contributed by atoms with Crippen molar-refractivity contribution >= 4 is 46.4 Å².